The van der Waals surface area contributed by atoms with E-state index in [2.05, 4.69) is 16.8 Å². The van der Waals surface area contributed by atoms with E-state index in [-0.39, 0.29) is 6.04 Å². The van der Waals surface area contributed by atoms with Gasteiger partial charge in [0.2, 0.25) is 0 Å². The van der Waals surface area contributed by atoms with E-state index < -0.39 is 6.10 Å². The molecule has 0 unspecified atom stereocenters. The van der Waals surface area contributed by atoms with Crippen LogP contribution >= 0.6 is 0 Å². The summed E-state index contributed by atoms with van der Waals surface area (Å²) in [7, 11) is 2.00. The molecular formula is C18H24N2O2. The maximum atomic E-state index is 10.1. The lowest BCUT2D eigenvalue weighted by molar-refractivity contribution is 0.00852. The van der Waals surface area contributed by atoms with Gasteiger partial charge in [-0.05, 0) is 31.2 Å². The summed E-state index contributed by atoms with van der Waals surface area (Å²) < 4.78 is 5.58. The molecule has 0 saturated carbocycles. The molecule has 4 heteroatoms. The Balaban J connectivity index is 1.73. The van der Waals surface area contributed by atoms with Crippen LogP contribution in [0.3, 0.4) is 0 Å². The van der Waals surface area contributed by atoms with Crippen molar-refractivity contribution in [3.8, 4) is 0 Å². The fraction of sp³-hybridized carbons (Fsp3) is 0.389. The molecule has 1 aromatic carbocycles. The highest BCUT2D eigenvalue weighted by molar-refractivity contribution is 5.14. The van der Waals surface area contributed by atoms with Crippen LogP contribution in [0.4, 0.5) is 0 Å². The third kappa shape index (κ3) is 5.22. The van der Waals surface area contributed by atoms with Crippen LogP contribution in [-0.2, 0) is 11.3 Å². The molecule has 0 bridgehead atoms. The third-order valence-electron chi connectivity index (χ3n) is 3.75. The van der Waals surface area contributed by atoms with E-state index in [1.165, 1.54) is 0 Å². The van der Waals surface area contributed by atoms with Gasteiger partial charge in [-0.1, -0.05) is 36.4 Å². The molecule has 0 saturated heterocycles. The summed E-state index contributed by atoms with van der Waals surface area (Å²) in [6.45, 7) is 3.53. The number of aliphatic hydroxyl groups is 1. The Labute approximate surface area is 132 Å². The van der Waals surface area contributed by atoms with Crippen molar-refractivity contribution in [1.29, 1.82) is 0 Å². The quantitative estimate of drug-likeness (QED) is 0.814. The Bertz CT molecular complexity index is 533. The van der Waals surface area contributed by atoms with Gasteiger partial charge in [-0.25, -0.2) is 0 Å². The second-order valence-electron chi connectivity index (χ2n) is 5.56. The highest BCUT2D eigenvalue weighted by atomic mass is 16.5. The summed E-state index contributed by atoms with van der Waals surface area (Å²) in [5.74, 6) is 0. The van der Waals surface area contributed by atoms with Gasteiger partial charge in [-0.3, -0.25) is 9.88 Å². The standard InChI is InChI=1S/C18H24N2O2/c1-15(17-9-6-10-19-11-17)20(2)12-18(21)14-22-13-16-7-4-3-5-8-16/h3-11,15,18,21H,12-14H2,1-2H3/t15-,18-/m1/s1. The van der Waals surface area contributed by atoms with Crippen LogP contribution < -0.4 is 0 Å². The van der Waals surface area contributed by atoms with Crippen molar-refractivity contribution < 1.29 is 9.84 Å². The van der Waals surface area contributed by atoms with Gasteiger partial charge in [-0.2, -0.15) is 0 Å². The van der Waals surface area contributed by atoms with Crippen LogP contribution in [0.15, 0.2) is 54.9 Å². The minimum Gasteiger partial charge on any atom is -0.389 e. The van der Waals surface area contributed by atoms with Crippen molar-refractivity contribution in [2.75, 3.05) is 20.2 Å². The molecule has 2 aromatic rings. The maximum Gasteiger partial charge on any atom is 0.0900 e. The van der Waals surface area contributed by atoms with Crippen molar-refractivity contribution in [1.82, 2.24) is 9.88 Å². The number of aromatic nitrogens is 1. The summed E-state index contributed by atoms with van der Waals surface area (Å²) in [5.41, 5.74) is 2.26. The first-order valence-corrected chi connectivity index (χ1v) is 7.56. The first kappa shape index (κ1) is 16.6. The Morgan fingerprint density at radius 2 is 1.95 bits per heavy atom. The Morgan fingerprint density at radius 1 is 1.18 bits per heavy atom. The number of rotatable bonds is 8. The average Bonchev–Trinajstić information content (AvgIpc) is 2.56. The van der Waals surface area contributed by atoms with E-state index in [0.717, 1.165) is 11.1 Å². The summed E-state index contributed by atoms with van der Waals surface area (Å²) in [6.07, 6.45) is 3.12. The van der Waals surface area contributed by atoms with Gasteiger partial charge in [-0.15, -0.1) is 0 Å². The highest BCUT2D eigenvalue weighted by Gasteiger charge is 2.15. The average molecular weight is 300 g/mol. The van der Waals surface area contributed by atoms with Crippen molar-refractivity contribution in [3.63, 3.8) is 0 Å². The minimum atomic E-state index is -0.507. The molecule has 0 aliphatic carbocycles. The molecule has 0 fully saturated rings. The molecular weight excluding hydrogens is 276 g/mol. The van der Waals surface area contributed by atoms with Crippen molar-refractivity contribution >= 4 is 0 Å². The van der Waals surface area contributed by atoms with Gasteiger partial charge >= 0.3 is 0 Å². The topological polar surface area (TPSA) is 45.6 Å². The number of ether oxygens (including phenoxy) is 1. The molecule has 1 heterocycles. The Hall–Kier alpha value is -1.75. The summed E-state index contributed by atoms with van der Waals surface area (Å²) in [4.78, 5) is 6.24. The number of benzene rings is 1. The number of nitrogens with zero attached hydrogens (tertiary/aromatic N) is 2. The summed E-state index contributed by atoms with van der Waals surface area (Å²) >= 11 is 0. The zero-order valence-electron chi connectivity index (χ0n) is 13.2. The number of hydrogen-bond donors (Lipinski definition) is 1. The van der Waals surface area contributed by atoms with Crippen LogP contribution in [0.25, 0.3) is 0 Å². The fourth-order valence-corrected chi connectivity index (χ4v) is 2.31. The van der Waals surface area contributed by atoms with Crippen molar-refractivity contribution in [2.45, 2.75) is 25.7 Å². The van der Waals surface area contributed by atoms with E-state index in [4.69, 9.17) is 4.74 Å². The van der Waals surface area contributed by atoms with Gasteiger partial charge in [0.05, 0.1) is 19.3 Å². The van der Waals surface area contributed by atoms with Gasteiger partial charge in [0.15, 0.2) is 0 Å². The normalized spacial score (nSPS) is 14.0. The van der Waals surface area contributed by atoms with E-state index in [9.17, 15) is 5.11 Å². The largest absolute Gasteiger partial charge is 0.389 e. The Kier molecular flexibility index (Phi) is 6.52. The molecule has 0 aliphatic heterocycles. The first-order chi connectivity index (χ1) is 10.7. The third-order valence-corrected chi connectivity index (χ3v) is 3.75. The predicted octanol–water partition coefficient (Wildman–Crippen LogP) is 2.65. The van der Waals surface area contributed by atoms with E-state index in [1.807, 2.05) is 55.7 Å². The molecule has 4 nitrogen and oxygen atoms in total. The SMILES string of the molecule is C[C@H](c1cccnc1)N(C)C[C@@H](O)COCc1ccccc1. The zero-order chi connectivity index (χ0) is 15.8. The molecule has 0 radical (unpaired) electrons. The zero-order valence-corrected chi connectivity index (χ0v) is 13.2. The number of likely N-dealkylation sites (N-methyl/N-ethyl adjacent to an activating group) is 1. The summed E-state index contributed by atoms with van der Waals surface area (Å²) in [6, 6.07) is 14.2. The lowest BCUT2D eigenvalue weighted by Crippen LogP contribution is -2.34. The fourth-order valence-electron chi connectivity index (χ4n) is 2.31. The predicted molar refractivity (Wildman–Crippen MR) is 87.4 cm³/mol. The molecule has 118 valence electrons. The van der Waals surface area contributed by atoms with Crippen LogP contribution in [0.1, 0.15) is 24.1 Å². The second-order valence-corrected chi connectivity index (χ2v) is 5.56. The first-order valence-electron chi connectivity index (χ1n) is 7.56. The van der Waals surface area contributed by atoms with Crippen LogP contribution in [0.5, 0.6) is 0 Å². The summed E-state index contributed by atoms with van der Waals surface area (Å²) in [5, 5.41) is 10.1. The second kappa shape index (κ2) is 8.63. The van der Waals surface area contributed by atoms with Crippen molar-refractivity contribution in [2.24, 2.45) is 0 Å². The molecule has 2 rings (SSSR count). The number of aliphatic hydroxyl groups excluding tert-OH is 1. The number of pyridine rings is 1. The lowest BCUT2D eigenvalue weighted by Gasteiger charge is -2.27. The highest BCUT2D eigenvalue weighted by Crippen LogP contribution is 2.17. The Morgan fingerprint density at radius 3 is 2.64 bits per heavy atom. The van der Waals surface area contributed by atoms with Gasteiger partial charge in [0.1, 0.15) is 0 Å². The molecule has 2 atom stereocenters. The number of hydrogen-bond acceptors (Lipinski definition) is 4. The monoisotopic (exact) mass is 300 g/mol. The van der Waals surface area contributed by atoms with Crippen LogP contribution in [0, 0.1) is 0 Å². The van der Waals surface area contributed by atoms with Crippen molar-refractivity contribution in [3.05, 3.63) is 66.0 Å². The van der Waals surface area contributed by atoms with E-state index >= 15 is 0 Å². The molecule has 0 amide bonds. The van der Waals surface area contributed by atoms with E-state index in [1.54, 1.807) is 6.20 Å². The molecule has 0 spiro atoms. The molecule has 22 heavy (non-hydrogen) atoms. The maximum absolute atomic E-state index is 10.1. The molecule has 0 aliphatic rings. The van der Waals surface area contributed by atoms with Gasteiger partial charge in [0, 0.05) is 25.0 Å². The molecule has 1 aromatic heterocycles. The smallest absolute Gasteiger partial charge is 0.0900 e. The minimum absolute atomic E-state index is 0.206. The van der Waals surface area contributed by atoms with E-state index in [0.29, 0.717) is 19.8 Å². The lowest BCUT2D eigenvalue weighted by atomic mass is 10.1. The van der Waals surface area contributed by atoms with Gasteiger partial charge < -0.3 is 9.84 Å². The van der Waals surface area contributed by atoms with Gasteiger partial charge in [0.25, 0.3) is 0 Å². The van der Waals surface area contributed by atoms with Crippen LogP contribution in [-0.4, -0.2) is 41.3 Å². The molecule has 1 N–H and O–H groups in total. The van der Waals surface area contributed by atoms with Crippen LogP contribution in [0.2, 0.25) is 0 Å².